The first kappa shape index (κ1) is 16.0. The number of carbonyl (C=O) groups is 2. The van der Waals surface area contributed by atoms with Crippen LogP contribution in [0.15, 0.2) is 42.5 Å². The SMILES string of the molecule is CC(=O)NC(CC(C)C)C(=O)Oc1ccc2ccccc2c1. The zero-order valence-electron chi connectivity index (χ0n) is 13.1. The van der Waals surface area contributed by atoms with E-state index in [2.05, 4.69) is 5.32 Å². The van der Waals surface area contributed by atoms with E-state index in [0.29, 0.717) is 12.2 Å². The molecule has 1 atom stereocenters. The largest absolute Gasteiger partial charge is 0.425 e. The maximum atomic E-state index is 12.3. The quantitative estimate of drug-likeness (QED) is 0.681. The second kappa shape index (κ2) is 7.07. The minimum absolute atomic E-state index is 0.235. The smallest absolute Gasteiger partial charge is 0.334 e. The Labute approximate surface area is 130 Å². The topological polar surface area (TPSA) is 55.4 Å². The predicted octanol–water partition coefficient (Wildman–Crippen LogP) is 3.30. The minimum Gasteiger partial charge on any atom is -0.425 e. The molecule has 4 heteroatoms. The summed E-state index contributed by atoms with van der Waals surface area (Å²) in [6.07, 6.45) is 0.548. The summed E-state index contributed by atoms with van der Waals surface area (Å²) >= 11 is 0. The maximum Gasteiger partial charge on any atom is 0.334 e. The van der Waals surface area contributed by atoms with Gasteiger partial charge in [0.1, 0.15) is 11.8 Å². The number of fused-ring (bicyclic) bond motifs is 1. The van der Waals surface area contributed by atoms with Gasteiger partial charge in [0.15, 0.2) is 0 Å². The Morgan fingerprint density at radius 1 is 1.09 bits per heavy atom. The molecule has 0 saturated carbocycles. The van der Waals surface area contributed by atoms with E-state index in [1.54, 1.807) is 6.07 Å². The fourth-order valence-electron chi connectivity index (χ4n) is 2.35. The van der Waals surface area contributed by atoms with Gasteiger partial charge in [-0.1, -0.05) is 44.2 Å². The second-order valence-electron chi connectivity index (χ2n) is 5.81. The van der Waals surface area contributed by atoms with E-state index >= 15 is 0 Å². The third-order valence-corrected chi connectivity index (χ3v) is 3.31. The van der Waals surface area contributed by atoms with Gasteiger partial charge in [0.2, 0.25) is 5.91 Å². The molecule has 0 aliphatic rings. The highest BCUT2D eigenvalue weighted by Crippen LogP contribution is 2.21. The molecule has 0 fully saturated rings. The molecular weight excluding hydrogens is 278 g/mol. The van der Waals surface area contributed by atoms with Gasteiger partial charge in [0.25, 0.3) is 0 Å². The number of nitrogens with one attached hydrogen (secondary N) is 1. The van der Waals surface area contributed by atoms with Crippen LogP contribution in [0.1, 0.15) is 27.2 Å². The van der Waals surface area contributed by atoms with Crippen LogP contribution >= 0.6 is 0 Å². The molecule has 22 heavy (non-hydrogen) atoms. The highest BCUT2D eigenvalue weighted by Gasteiger charge is 2.22. The average molecular weight is 299 g/mol. The van der Waals surface area contributed by atoms with Crippen molar-refractivity contribution in [3.63, 3.8) is 0 Å². The lowest BCUT2D eigenvalue weighted by Gasteiger charge is -2.18. The van der Waals surface area contributed by atoms with E-state index in [4.69, 9.17) is 4.74 Å². The fourth-order valence-corrected chi connectivity index (χ4v) is 2.35. The molecule has 4 nitrogen and oxygen atoms in total. The van der Waals surface area contributed by atoms with E-state index in [0.717, 1.165) is 10.8 Å². The van der Waals surface area contributed by atoms with Crippen LogP contribution < -0.4 is 10.1 Å². The van der Waals surface area contributed by atoms with Crippen LogP contribution in [0.4, 0.5) is 0 Å². The lowest BCUT2D eigenvalue weighted by molar-refractivity contribution is -0.139. The van der Waals surface area contributed by atoms with Crippen molar-refractivity contribution >= 4 is 22.6 Å². The zero-order valence-corrected chi connectivity index (χ0v) is 13.1. The number of hydrogen-bond donors (Lipinski definition) is 1. The van der Waals surface area contributed by atoms with Crippen LogP contribution in [0.25, 0.3) is 10.8 Å². The van der Waals surface area contributed by atoms with Crippen molar-refractivity contribution in [3.8, 4) is 5.75 Å². The average Bonchev–Trinajstić information content (AvgIpc) is 2.45. The van der Waals surface area contributed by atoms with E-state index in [9.17, 15) is 9.59 Å². The number of esters is 1. The van der Waals surface area contributed by atoms with Gasteiger partial charge in [-0.3, -0.25) is 4.79 Å². The molecule has 116 valence electrons. The Kier molecular flexibility index (Phi) is 5.15. The number of amides is 1. The van der Waals surface area contributed by atoms with Crippen LogP contribution in [0, 0.1) is 5.92 Å². The molecule has 0 bridgehead atoms. The Balaban J connectivity index is 2.14. The Morgan fingerprint density at radius 3 is 2.41 bits per heavy atom. The molecule has 0 aliphatic carbocycles. The molecule has 0 spiro atoms. The molecule has 1 unspecified atom stereocenters. The van der Waals surface area contributed by atoms with E-state index < -0.39 is 12.0 Å². The number of carbonyl (C=O) groups excluding carboxylic acids is 2. The lowest BCUT2D eigenvalue weighted by atomic mass is 10.0. The van der Waals surface area contributed by atoms with Crippen molar-refractivity contribution in [3.05, 3.63) is 42.5 Å². The second-order valence-corrected chi connectivity index (χ2v) is 5.81. The monoisotopic (exact) mass is 299 g/mol. The fraction of sp³-hybridized carbons (Fsp3) is 0.333. The molecule has 0 saturated heterocycles. The molecule has 2 rings (SSSR count). The molecular formula is C18H21NO3. The Hall–Kier alpha value is -2.36. The van der Waals surface area contributed by atoms with Gasteiger partial charge in [-0.2, -0.15) is 0 Å². The first-order valence-electron chi connectivity index (χ1n) is 7.43. The zero-order chi connectivity index (χ0) is 16.1. The molecule has 0 aromatic heterocycles. The van der Waals surface area contributed by atoms with Crippen LogP contribution in [0.5, 0.6) is 5.75 Å². The summed E-state index contributed by atoms with van der Waals surface area (Å²) in [4.78, 5) is 23.5. The van der Waals surface area contributed by atoms with Gasteiger partial charge in [-0.15, -0.1) is 0 Å². The number of benzene rings is 2. The first-order chi connectivity index (χ1) is 10.5. The highest BCUT2D eigenvalue weighted by atomic mass is 16.5. The first-order valence-corrected chi connectivity index (χ1v) is 7.43. The van der Waals surface area contributed by atoms with Gasteiger partial charge >= 0.3 is 5.97 Å². The summed E-state index contributed by atoms with van der Waals surface area (Å²) in [5.74, 6) is 0.101. The number of rotatable bonds is 5. The minimum atomic E-state index is -0.621. The van der Waals surface area contributed by atoms with Gasteiger partial charge in [0, 0.05) is 6.92 Å². The summed E-state index contributed by atoms with van der Waals surface area (Å²) < 4.78 is 5.43. The van der Waals surface area contributed by atoms with Crippen LogP contribution in [0.3, 0.4) is 0 Å². The van der Waals surface area contributed by atoms with Crippen molar-refractivity contribution in [2.24, 2.45) is 5.92 Å². The van der Waals surface area contributed by atoms with Crippen molar-refractivity contribution in [2.45, 2.75) is 33.2 Å². The van der Waals surface area contributed by atoms with Crippen molar-refractivity contribution in [1.29, 1.82) is 0 Å². The standard InChI is InChI=1S/C18H21NO3/c1-12(2)10-17(19-13(3)20)18(21)22-16-9-8-14-6-4-5-7-15(14)11-16/h4-9,11-12,17H,10H2,1-3H3,(H,19,20). The normalized spacial score (nSPS) is 12.2. The molecule has 1 N–H and O–H groups in total. The van der Waals surface area contributed by atoms with Crippen molar-refractivity contribution in [2.75, 3.05) is 0 Å². The lowest BCUT2D eigenvalue weighted by Crippen LogP contribution is -2.42. The van der Waals surface area contributed by atoms with Gasteiger partial charge in [-0.05, 0) is 35.2 Å². The van der Waals surface area contributed by atoms with Crippen LogP contribution in [-0.4, -0.2) is 17.9 Å². The molecule has 2 aromatic carbocycles. The van der Waals surface area contributed by atoms with E-state index in [1.807, 2.05) is 50.2 Å². The number of ether oxygens (including phenoxy) is 1. The van der Waals surface area contributed by atoms with E-state index in [-0.39, 0.29) is 11.8 Å². The molecule has 2 aromatic rings. The third kappa shape index (κ3) is 4.32. The molecule has 0 aliphatic heterocycles. The highest BCUT2D eigenvalue weighted by molar-refractivity contribution is 5.87. The third-order valence-electron chi connectivity index (χ3n) is 3.31. The van der Waals surface area contributed by atoms with Gasteiger partial charge in [-0.25, -0.2) is 4.79 Å². The molecule has 0 radical (unpaired) electrons. The number of hydrogen-bond acceptors (Lipinski definition) is 3. The van der Waals surface area contributed by atoms with Crippen molar-refractivity contribution in [1.82, 2.24) is 5.32 Å². The van der Waals surface area contributed by atoms with Crippen LogP contribution in [-0.2, 0) is 9.59 Å². The van der Waals surface area contributed by atoms with Gasteiger partial charge < -0.3 is 10.1 Å². The molecule has 1 amide bonds. The maximum absolute atomic E-state index is 12.3. The van der Waals surface area contributed by atoms with Crippen molar-refractivity contribution < 1.29 is 14.3 Å². The summed E-state index contributed by atoms with van der Waals surface area (Å²) in [5.41, 5.74) is 0. The Morgan fingerprint density at radius 2 is 1.77 bits per heavy atom. The van der Waals surface area contributed by atoms with Gasteiger partial charge in [0.05, 0.1) is 0 Å². The summed E-state index contributed by atoms with van der Waals surface area (Å²) in [6, 6.07) is 12.7. The summed E-state index contributed by atoms with van der Waals surface area (Å²) in [7, 11) is 0. The van der Waals surface area contributed by atoms with Crippen LogP contribution in [0.2, 0.25) is 0 Å². The predicted molar refractivity (Wildman–Crippen MR) is 86.6 cm³/mol. The summed E-state index contributed by atoms with van der Waals surface area (Å²) in [5, 5.41) is 4.75. The van der Waals surface area contributed by atoms with E-state index in [1.165, 1.54) is 6.92 Å². The Bertz CT molecular complexity index is 679. The summed E-state index contributed by atoms with van der Waals surface area (Å²) in [6.45, 7) is 5.40. The molecule has 0 heterocycles.